The van der Waals surface area contributed by atoms with Gasteiger partial charge in [-0.1, -0.05) is 12.1 Å². The number of methoxy groups -OCH3 is 1. The molecule has 0 aliphatic carbocycles. The fourth-order valence-corrected chi connectivity index (χ4v) is 4.57. The van der Waals surface area contributed by atoms with Crippen molar-refractivity contribution < 1.29 is 19.1 Å². The third-order valence-electron chi connectivity index (χ3n) is 5.21. The fourth-order valence-electron chi connectivity index (χ4n) is 3.69. The molecule has 1 unspecified atom stereocenters. The lowest BCUT2D eigenvalue weighted by Gasteiger charge is -2.24. The number of amides is 2. The molecule has 1 aliphatic heterocycles. The van der Waals surface area contributed by atoms with Gasteiger partial charge in [-0.3, -0.25) is 9.59 Å². The van der Waals surface area contributed by atoms with Gasteiger partial charge in [-0.25, -0.2) is 0 Å². The third kappa shape index (κ3) is 5.06. The summed E-state index contributed by atoms with van der Waals surface area (Å²) in [6, 6.07) is 18.3. The highest BCUT2D eigenvalue weighted by Crippen LogP contribution is 2.35. The summed E-state index contributed by atoms with van der Waals surface area (Å²) in [6.07, 6.45) is 2.01. The second-order valence-electron chi connectivity index (χ2n) is 7.27. The van der Waals surface area contributed by atoms with Gasteiger partial charge in [0.15, 0.2) is 6.61 Å². The van der Waals surface area contributed by atoms with Crippen LogP contribution in [0.25, 0.3) is 0 Å². The smallest absolute Gasteiger partial charge is 0.262 e. The van der Waals surface area contributed by atoms with Gasteiger partial charge in [-0.2, -0.15) is 0 Å². The monoisotopic (exact) mass is 436 g/mol. The Kier molecular flexibility index (Phi) is 6.52. The van der Waals surface area contributed by atoms with E-state index in [1.807, 2.05) is 16.3 Å². The van der Waals surface area contributed by atoms with Crippen LogP contribution in [0.5, 0.6) is 11.5 Å². The third-order valence-corrected chi connectivity index (χ3v) is 6.18. The molecule has 1 atom stereocenters. The molecule has 160 valence electrons. The highest BCUT2D eigenvalue weighted by molar-refractivity contribution is 7.10. The summed E-state index contributed by atoms with van der Waals surface area (Å²) in [4.78, 5) is 28.3. The second kappa shape index (κ2) is 9.66. The van der Waals surface area contributed by atoms with Crippen LogP contribution in [0.15, 0.2) is 66.0 Å². The minimum absolute atomic E-state index is 0.0261. The van der Waals surface area contributed by atoms with E-state index in [2.05, 4.69) is 11.4 Å². The molecule has 0 saturated carbocycles. The SMILES string of the molecule is COc1cccc(NC(=O)COc2ccc(C(=O)N3CCCC3c3cccs3)cc2)c1. The van der Waals surface area contributed by atoms with E-state index >= 15 is 0 Å². The number of anilines is 1. The Morgan fingerprint density at radius 2 is 1.94 bits per heavy atom. The van der Waals surface area contributed by atoms with Crippen molar-refractivity contribution in [3.63, 3.8) is 0 Å². The topological polar surface area (TPSA) is 67.9 Å². The highest BCUT2D eigenvalue weighted by Gasteiger charge is 2.31. The maximum absolute atomic E-state index is 13.0. The molecule has 1 N–H and O–H groups in total. The van der Waals surface area contributed by atoms with Crippen LogP contribution >= 0.6 is 11.3 Å². The highest BCUT2D eigenvalue weighted by atomic mass is 32.1. The van der Waals surface area contributed by atoms with E-state index in [0.29, 0.717) is 22.7 Å². The van der Waals surface area contributed by atoms with Gasteiger partial charge in [-0.05, 0) is 60.7 Å². The van der Waals surface area contributed by atoms with Crippen molar-refractivity contribution in [3.05, 3.63) is 76.5 Å². The van der Waals surface area contributed by atoms with Crippen molar-refractivity contribution in [2.75, 3.05) is 25.6 Å². The number of hydrogen-bond donors (Lipinski definition) is 1. The normalized spacial score (nSPS) is 15.5. The Hall–Kier alpha value is -3.32. The first-order valence-corrected chi connectivity index (χ1v) is 11.0. The standard InChI is InChI=1S/C24H24N2O4S/c1-29-20-6-2-5-18(15-20)25-23(27)16-30-19-11-9-17(10-12-19)24(28)26-13-3-7-21(26)22-8-4-14-31-22/h2,4-6,8-12,14-15,21H,3,7,13,16H2,1H3,(H,25,27). The van der Waals surface area contributed by atoms with Crippen LogP contribution in [-0.4, -0.2) is 37.0 Å². The van der Waals surface area contributed by atoms with Gasteiger partial charge in [-0.15, -0.1) is 11.3 Å². The molecule has 2 heterocycles. The van der Waals surface area contributed by atoms with Crippen LogP contribution < -0.4 is 14.8 Å². The van der Waals surface area contributed by atoms with Crippen molar-refractivity contribution in [1.29, 1.82) is 0 Å². The van der Waals surface area contributed by atoms with Crippen LogP contribution in [0.3, 0.4) is 0 Å². The summed E-state index contributed by atoms with van der Waals surface area (Å²) in [7, 11) is 1.57. The number of nitrogens with zero attached hydrogens (tertiary/aromatic N) is 1. The number of thiophene rings is 1. The van der Waals surface area contributed by atoms with Crippen molar-refractivity contribution in [1.82, 2.24) is 4.90 Å². The number of benzene rings is 2. The van der Waals surface area contributed by atoms with Gasteiger partial charge in [0, 0.05) is 28.7 Å². The first kappa shape index (κ1) is 20.9. The summed E-state index contributed by atoms with van der Waals surface area (Å²) >= 11 is 1.69. The first-order valence-electron chi connectivity index (χ1n) is 10.1. The van der Waals surface area contributed by atoms with Gasteiger partial charge < -0.3 is 19.7 Å². The summed E-state index contributed by atoms with van der Waals surface area (Å²) in [6.45, 7) is 0.640. The molecule has 1 aromatic heterocycles. The lowest BCUT2D eigenvalue weighted by Crippen LogP contribution is -2.30. The van der Waals surface area contributed by atoms with Crippen LogP contribution in [0, 0.1) is 0 Å². The Labute approximate surface area is 185 Å². The molecule has 31 heavy (non-hydrogen) atoms. The summed E-state index contributed by atoms with van der Waals surface area (Å²) in [5.74, 6) is 0.953. The zero-order valence-corrected chi connectivity index (χ0v) is 18.1. The molecule has 0 radical (unpaired) electrons. The molecule has 3 aromatic rings. The predicted molar refractivity (Wildman–Crippen MR) is 121 cm³/mol. The molecule has 2 aromatic carbocycles. The number of likely N-dealkylation sites (tertiary alicyclic amines) is 1. The van der Waals surface area contributed by atoms with Crippen LogP contribution in [0.4, 0.5) is 5.69 Å². The molecule has 1 fully saturated rings. The largest absolute Gasteiger partial charge is 0.497 e. The fraction of sp³-hybridized carbons (Fsp3) is 0.250. The predicted octanol–water partition coefficient (Wildman–Crippen LogP) is 4.75. The molecule has 1 saturated heterocycles. The Bertz CT molecular complexity index is 1030. The van der Waals surface area contributed by atoms with E-state index in [9.17, 15) is 9.59 Å². The Morgan fingerprint density at radius 1 is 1.10 bits per heavy atom. The van der Waals surface area contributed by atoms with Crippen molar-refractivity contribution in [2.24, 2.45) is 0 Å². The number of carbonyl (C=O) groups excluding carboxylic acids is 2. The summed E-state index contributed by atoms with van der Waals surface area (Å²) < 4.78 is 10.7. The van der Waals surface area contributed by atoms with E-state index in [-0.39, 0.29) is 24.5 Å². The van der Waals surface area contributed by atoms with Crippen LogP contribution in [-0.2, 0) is 4.79 Å². The van der Waals surface area contributed by atoms with E-state index in [0.717, 1.165) is 19.4 Å². The number of ether oxygens (including phenoxy) is 2. The van der Waals surface area contributed by atoms with Crippen molar-refractivity contribution >= 4 is 28.8 Å². The summed E-state index contributed by atoms with van der Waals surface area (Å²) in [5, 5.41) is 4.82. The molecule has 1 aliphatic rings. The molecule has 0 bridgehead atoms. The zero-order valence-electron chi connectivity index (χ0n) is 17.2. The van der Waals surface area contributed by atoms with Crippen LogP contribution in [0.2, 0.25) is 0 Å². The Morgan fingerprint density at radius 3 is 2.68 bits per heavy atom. The Balaban J connectivity index is 1.32. The lowest BCUT2D eigenvalue weighted by atomic mass is 10.1. The molecular weight excluding hydrogens is 412 g/mol. The number of hydrogen-bond acceptors (Lipinski definition) is 5. The molecule has 7 heteroatoms. The lowest BCUT2D eigenvalue weighted by molar-refractivity contribution is -0.118. The van der Waals surface area contributed by atoms with E-state index in [1.54, 1.807) is 67.0 Å². The van der Waals surface area contributed by atoms with Gasteiger partial charge in [0.2, 0.25) is 0 Å². The number of rotatable bonds is 7. The summed E-state index contributed by atoms with van der Waals surface area (Å²) in [5.41, 5.74) is 1.26. The quantitative estimate of drug-likeness (QED) is 0.580. The molecule has 2 amide bonds. The van der Waals surface area contributed by atoms with E-state index in [4.69, 9.17) is 9.47 Å². The first-order chi connectivity index (χ1) is 15.1. The molecule has 0 spiro atoms. The van der Waals surface area contributed by atoms with E-state index < -0.39 is 0 Å². The minimum Gasteiger partial charge on any atom is -0.497 e. The molecule has 6 nitrogen and oxygen atoms in total. The van der Waals surface area contributed by atoms with Gasteiger partial charge in [0.1, 0.15) is 11.5 Å². The number of carbonyl (C=O) groups is 2. The minimum atomic E-state index is -0.274. The second-order valence-corrected chi connectivity index (χ2v) is 8.24. The van der Waals surface area contributed by atoms with Gasteiger partial charge >= 0.3 is 0 Å². The molecule has 4 rings (SSSR count). The molecular formula is C24H24N2O4S. The average molecular weight is 437 g/mol. The van der Waals surface area contributed by atoms with Crippen molar-refractivity contribution in [2.45, 2.75) is 18.9 Å². The van der Waals surface area contributed by atoms with Gasteiger partial charge in [0.05, 0.1) is 13.2 Å². The van der Waals surface area contributed by atoms with Crippen molar-refractivity contribution in [3.8, 4) is 11.5 Å². The van der Waals surface area contributed by atoms with Crippen LogP contribution in [0.1, 0.15) is 34.1 Å². The van der Waals surface area contributed by atoms with Gasteiger partial charge in [0.25, 0.3) is 11.8 Å². The maximum atomic E-state index is 13.0. The maximum Gasteiger partial charge on any atom is 0.262 e. The average Bonchev–Trinajstić information content (AvgIpc) is 3.49. The number of nitrogens with one attached hydrogen (secondary N) is 1. The van der Waals surface area contributed by atoms with E-state index in [1.165, 1.54) is 4.88 Å². The zero-order chi connectivity index (χ0) is 21.6.